The molecule has 1 aliphatic rings. The molecule has 0 amide bonds. The molecule has 204 valence electrons. The van der Waals surface area contributed by atoms with E-state index in [-0.39, 0.29) is 6.42 Å². The number of unbranched alkanes of at least 4 members (excludes halogenated alkanes) is 14. The van der Waals surface area contributed by atoms with Gasteiger partial charge in [-0.3, -0.25) is 14.1 Å². The predicted octanol–water partition coefficient (Wildman–Crippen LogP) is 4.12. The minimum atomic E-state index is -5.10. The van der Waals surface area contributed by atoms with Crippen LogP contribution in [-0.2, 0) is 32.9 Å². The van der Waals surface area contributed by atoms with Gasteiger partial charge in [0.05, 0.1) is 0 Å². The molecule has 0 aromatic heterocycles. The molecule has 1 fully saturated rings. The van der Waals surface area contributed by atoms with Crippen molar-refractivity contribution < 1.29 is 47.8 Å². The topological polar surface area (TPSA) is 157 Å². The van der Waals surface area contributed by atoms with Crippen LogP contribution in [0.15, 0.2) is 0 Å². The zero-order valence-electron chi connectivity index (χ0n) is 20.9. The van der Waals surface area contributed by atoms with Gasteiger partial charge in [-0.2, -0.15) is 0 Å². The fraction of sp³-hybridized carbons (Fsp3) is 0.875. The number of aliphatic hydroxyl groups excluding tert-OH is 1. The maximum absolute atomic E-state index is 12.0. The second kappa shape index (κ2) is 18.0. The first-order chi connectivity index (χ1) is 16.7. The lowest BCUT2D eigenvalue weighted by Crippen LogP contribution is -2.38. The van der Waals surface area contributed by atoms with Gasteiger partial charge in [-0.1, -0.05) is 96.8 Å². The van der Waals surface area contributed by atoms with Crippen LogP contribution in [0.1, 0.15) is 110 Å². The molecule has 0 bridgehead atoms. The lowest BCUT2D eigenvalue weighted by atomic mass is 10.0. The van der Waals surface area contributed by atoms with Crippen LogP contribution in [0.3, 0.4) is 0 Å². The van der Waals surface area contributed by atoms with Crippen LogP contribution in [0.5, 0.6) is 0 Å². The number of hydrogen-bond donors (Lipinski definition) is 3. The summed E-state index contributed by atoms with van der Waals surface area (Å²) in [5, 5.41) is 9.98. The van der Waals surface area contributed by atoms with Gasteiger partial charge >= 0.3 is 19.8 Å². The summed E-state index contributed by atoms with van der Waals surface area (Å²) >= 11 is 0. The van der Waals surface area contributed by atoms with E-state index < -0.39 is 50.5 Å². The van der Waals surface area contributed by atoms with Gasteiger partial charge in [0.2, 0.25) is 11.9 Å². The first-order valence-electron chi connectivity index (χ1n) is 13.0. The smallest absolute Gasteiger partial charge is 0.463 e. The van der Waals surface area contributed by atoms with Gasteiger partial charge in [-0.25, -0.2) is 9.36 Å². The summed E-state index contributed by atoms with van der Waals surface area (Å²) in [6.45, 7) is 1.66. The fourth-order valence-corrected chi connectivity index (χ4v) is 4.45. The first kappa shape index (κ1) is 31.7. The molecule has 1 heterocycles. The van der Waals surface area contributed by atoms with Gasteiger partial charge in [0, 0.05) is 6.42 Å². The minimum absolute atomic E-state index is 0.174. The summed E-state index contributed by atoms with van der Waals surface area (Å²) in [7, 11) is -5.10. The van der Waals surface area contributed by atoms with Crippen molar-refractivity contribution in [2.75, 3.05) is 6.61 Å². The van der Waals surface area contributed by atoms with Crippen LogP contribution in [0.4, 0.5) is 0 Å². The highest BCUT2D eigenvalue weighted by Crippen LogP contribution is 2.39. The van der Waals surface area contributed by atoms with Crippen LogP contribution in [-0.4, -0.2) is 57.5 Å². The third-order valence-corrected chi connectivity index (χ3v) is 6.47. The molecule has 1 aliphatic heterocycles. The number of cyclic esters (lactones) is 1. The Balaban J connectivity index is 2.00. The van der Waals surface area contributed by atoms with E-state index in [0.29, 0.717) is 6.42 Å². The lowest BCUT2D eigenvalue weighted by Gasteiger charge is -2.15. The molecule has 0 aromatic carbocycles. The van der Waals surface area contributed by atoms with Gasteiger partial charge in [0.25, 0.3) is 0 Å². The van der Waals surface area contributed by atoms with E-state index in [1.165, 1.54) is 70.6 Å². The van der Waals surface area contributed by atoms with E-state index in [1.54, 1.807) is 0 Å². The summed E-state index contributed by atoms with van der Waals surface area (Å²) in [4.78, 5) is 52.9. The maximum Gasteiger partial charge on any atom is 0.470 e. The number of phosphoric ester groups is 1. The van der Waals surface area contributed by atoms with Crippen LogP contribution >= 0.6 is 7.82 Å². The largest absolute Gasteiger partial charge is 0.470 e. The standard InChI is InChI=1S/C24H43O10P/c1-2-3-4-5-6-7-8-9-10-11-12-13-14-15-16-17-20(26)32-18-19(25)22-21(27)23(24(28)33-22)34-35(29,30)31/h19,22-23,25H,2-18H2,1H3,(H2,29,30,31)/t19-,22+,23?/m0/s1. The number of esters is 2. The quantitative estimate of drug-likeness (QED) is 0.0867. The molecule has 3 N–H and O–H groups in total. The number of aliphatic hydroxyl groups is 1. The number of ether oxygens (including phenoxy) is 2. The molecule has 1 unspecified atom stereocenters. The van der Waals surface area contributed by atoms with Crippen LogP contribution < -0.4 is 0 Å². The van der Waals surface area contributed by atoms with Crippen LogP contribution in [0.2, 0.25) is 0 Å². The molecule has 10 nitrogen and oxygen atoms in total. The lowest BCUT2D eigenvalue weighted by molar-refractivity contribution is -0.156. The molecule has 1 rings (SSSR count). The van der Waals surface area contributed by atoms with Crippen molar-refractivity contribution in [3.8, 4) is 0 Å². The van der Waals surface area contributed by atoms with Gasteiger partial charge in [0.1, 0.15) is 12.7 Å². The van der Waals surface area contributed by atoms with E-state index in [2.05, 4.69) is 16.2 Å². The third-order valence-electron chi connectivity index (χ3n) is 5.99. The van der Waals surface area contributed by atoms with E-state index in [4.69, 9.17) is 14.5 Å². The highest BCUT2D eigenvalue weighted by molar-refractivity contribution is 7.46. The second-order valence-electron chi connectivity index (χ2n) is 9.19. The average molecular weight is 523 g/mol. The Morgan fingerprint density at radius 1 is 0.886 bits per heavy atom. The number of hydrogen-bond acceptors (Lipinski definition) is 8. The van der Waals surface area contributed by atoms with Crippen molar-refractivity contribution in [3.05, 3.63) is 0 Å². The SMILES string of the molecule is CCCCCCCCCCCCCCCCCC(=O)OC[C@H](O)[C@H]1OC(=O)C(OP(=O)(O)O)C1=O. The number of carbonyl (C=O) groups is 3. The second-order valence-corrected chi connectivity index (χ2v) is 10.4. The average Bonchev–Trinajstić information content (AvgIpc) is 3.07. The third kappa shape index (κ3) is 14.7. The number of Topliss-reactive ketones (excluding diaryl/α,β-unsaturated/α-hetero) is 1. The Morgan fingerprint density at radius 2 is 1.34 bits per heavy atom. The minimum Gasteiger partial charge on any atom is -0.463 e. The van der Waals surface area contributed by atoms with Crippen molar-refractivity contribution in [3.63, 3.8) is 0 Å². The molecule has 0 saturated carbocycles. The molecule has 11 heteroatoms. The van der Waals surface area contributed by atoms with Crippen molar-refractivity contribution in [1.82, 2.24) is 0 Å². The molecule has 0 aliphatic carbocycles. The van der Waals surface area contributed by atoms with Gasteiger partial charge in [0.15, 0.2) is 6.10 Å². The van der Waals surface area contributed by atoms with Gasteiger partial charge in [-0.15, -0.1) is 0 Å². The monoisotopic (exact) mass is 522 g/mol. The molecule has 0 spiro atoms. The Kier molecular flexibility index (Phi) is 16.3. The number of rotatable bonds is 21. The summed E-state index contributed by atoms with van der Waals surface area (Å²) < 4.78 is 24.5. The Hall–Kier alpha value is -1.32. The fourth-order valence-electron chi connectivity index (χ4n) is 3.99. The molecule has 1 saturated heterocycles. The molecular weight excluding hydrogens is 479 g/mol. The summed E-state index contributed by atoms with van der Waals surface area (Å²) in [6.07, 6.45) is 12.9. The summed E-state index contributed by atoms with van der Waals surface area (Å²) in [6, 6.07) is 0. The molecule has 0 aromatic rings. The summed E-state index contributed by atoms with van der Waals surface area (Å²) in [5.74, 6) is -2.99. The van der Waals surface area contributed by atoms with Gasteiger partial charge in [-0.05, 0) is 6.42 Å². The molecule has 35 heavy (non-hydrogen) atoms. The van der Waals surface area contributed by atoms with Crippen LogP contribution in [0, 0.1) is 0 Å². The van der Waals surface area contributed by atoms with Crippen molar-refractivity contribution in [2.24, 2.45) is 0 Å². The highest BCUT2D eigenvalue weighted by atomic mass is 31.2. The zero-order valence-corrected chi connectivity index (χ0v) is 21.8. The molecule has 3 atom stereocenters. The Bertz CT molecular complexity index is 677. The Labute approximate surface area is 208 Å². The van der Waals surface area contributed by atoms with Crippen LogP contribution in [0.25, 0.3) is 0 Å². The molecule has 0 radical (unpaired) electrons. The number of carbonyl (C=O) groups excluding carboxylic acids is 3. The van der Waals surface area contributed by atoms with Crippen molar-refractivity contribution in [1.29, 1.82) is 0 Å². The maximum atomic E-state index is 12.0. The zero-order chi connectivity index (χ0) is 26.1. The Morgan fingerprint density at radius 3 is 1.80 bits per heavy atom. The predicted molar refractivity (Wildman–Crippen MR) is 128 cm³/mol. The van der Waals surface area contributed by atoms with Crippen molar-refractivity contribution in [2.45, 2.75) is 128 Å². The van der Waals surface area contributed by atoms with E-state index in [0.717, 1.165) is 19.3 Å². The number of ketones is 1. The van der Waals surface area contributed by atoms with Crippen molar-refractivity contribution >= 4 is 25.5 Å². The van der Waals surface area contributed by atoms with E-state index in [9.17, 15) is 24.1 Å². The first-order valence-corrected chi connectivity index (χ1v) is 14.5. The normalized spacial score (nSPS) is 19.1. The molecular formula is C24H43O10P. The number of phosphoric acid groups is 1. The van der Waals surface area contributed by atoms with Gasteiger partial charge < -0.3 is 24.4 Å². The summed E-state index contributed by atoms with van der Waals surface area (Å²) in [5.41, 5.74) is 0. The highest BCUT2D eigenvalue weighted by Gasteiger charge is 2.50. The van der Waals surface area contributed by atoms with E-state index >= 15 is 0 Å². The van der Waals surface area contributed by atoms with E-state index in [1.807, 2.05) is 0 Å².